The summed E-state index contributed by atoms with van der Waals surface area (Å²) in [6, 6.07) is 4.32. The van der Waals surface area contributed by atoms with E-state index in [1.807, 2.05) is 11.3 Å². The van der Waals surface area contributed by atoms with Gasteiger partial charge >= 0.3 is 0 Å². The van der Waals surface area contributed by atoms with Crippen LogP contribution in [-0.4, -0.2) is 56.8 Å². The first-order chi connectivity index (χ1) is 11.3. The molecule has 2 heterocycles. The second-order valence-corrected chi connectivity index (χ2v) is 7.17. The van der Waals surface area contributed by atoms with Crippen molar-refractivity contribution in [1.82, 2.24) is 15.5 Å². The summed E-state index contributed by atoms with van der Waals surface area (Å²) in [5.74, 6) is 0.921. The van der Waals surface area contributed by atoms with Crippen LogP contribution >= 0.6 is 11.3 Å². The topological polar surface area (TPSA) is 48.9 Å². The molecule has 0 saturated carbocycles. The number of unbranched alkanes of at least 4 members (excludes halogenated alkanes) is 1. The fourth-order valence-corrected chi connectivity index (χ4v) is 3.38. The van der Waals surface area contributed by atoms with Crippen molar-refractivity contribution in [2.75, 3.05) is 45.9 Å². The van der Waals surface area contributed by atoms with Gasteiger partial charge in [0.25, 0.3) is 0 Å². The van der Waals surface area contributed by atoms with E-state index < -0.39 is 0 Å². The third-order valence-electron chi connectivity index (χ3n) is 3.83. The van der Waals surface area contributed by atoms with E-state index in [-0.39, 0.29) is 0 Å². The van der Waals surface area contributed by atoms with Crippen LogP contribution in [0.25, 0.3) is 0 Å². The van der Waals surface area contributed by atoms with Crippen LogP contribution in [0.4, 0.5) is 0 Å². The Kier molecular flexibility index (Phi) is 8.42. The first kappa shape index (κ1) is 18.2. The van der Waals surface area contributed by atoms with Gasteiger partial charge < -0.3 is 15.4 Å². The van der Waals surface area contributed by atoms with E-state index in [2.05, 4.69) is 46.5 Å². The Morgan fingerprint density at radius 3 is 2.78 bits per heavy atom. The molecule has 0 amide bonds. The molecular formula is C17H30N4OS. The Morgan fingerprint density at radius 2 is 2.09 bits per heavy atom. The minimum absolute atomic E-state index is 0.752. The fourth-order valence-electron chi connectivity index (χ4n) is 2.56. The normalized spacial score (nSPS) is 16.5. The van der Waals surface area contributed by atoms with Gasteiger partial charge in [-0.1, -0.05) is 0 Å². The number of guanidine groups is 1. The second kappa shape index (κ2) is 10.6. The molecule has 5 nitrogen and oxygen atoms in total. The average molecular weight is 339 g/mol. The number of rotatable bonds is 8. The summed E-state index contributed by atoms with van der Waals surface area (Å²) in [6.07, 6.45) is 2.39. The molecule has 1 aromatic heterocycles. The lowest BCUT2D eigenvalue weighted by Crippen LogP contribution is -2.39. The molecule has 0 aromatic carbocycles. The highest BCUT2D eigenvalue weighted by Crippen LogP contribution is 2.15. The number of nitrogens with zero attached hydrogens (tertiary/aromatic N) is 2. The lowest BCUT2D eigenvalue weighted by Gasteiger charge is -2.26. The van der Waals surface area contributed by atoms with Crippen LogP contribution in [0.3, 0.4) is 0 Å². The van der Waals surface area contributed by atoms with Gasteiger partial charge in [-0.2, -0.15) is 0 Å². The van der Waals surface area contributed by atoms with Crippen LogP contribution < -0.4 is 10.6 Å². The van der Waals surface area contributed by atoms with E-state index in [9.17, 15) is 0 Å². The Hall–Kier alpha value is -1.11. The van der Waals surface area contributed by atoms with Gasteiger partial charge in [-0.15, -0.1) is 11.3 Å². The smallest absolute Gasteiger partial charge is 0.191 e. The first-order valence-electron chi connectivity index (χ1n) is 8.65. The zero-order chi connectivity index (χ0) is 16.3. The molecule has 0 unspecified atom stereocenters. The van der Waals surface area contributed by atoms with E-state index in [1.54, 1.807) is 0 Å². The maximum Gasteiger partial charge on any atom is 0.191 e. The number of aryl methyl sites for hydroxylation is 1. The number of thiophene rings is 1. The largest absolute Gasteiger partial charge is 0.379 e. The number of hydrogen-bond acceptors (Lipinski definition) is 4. The van der Waals surface area contributed by atoms with Crippen molar-refractivity contribution < 1.29 is 4.74 Å². The number of aliphatic imine (C=N–C) groups is 1. The van der Waals surface area contributed by atoms with Crippen molar-refractivity contribution in [2.45, 2.75) is 33.2 Å². The van der Waals surface area contributed by atoms with Gasteiger partial charge in [-0.25, -0.2) is 4.99 Å². The Labute approximate surface area is 144 Å². The van der Waals surface area contributed by atoms with Crippen molar-refractivity contribution in [3.63, 3.8) is 0 Å². The van der Waals surface area contributed by atoms with Gasteiger partial charge in [0.1, 0.15) is 0 Å². The SMILES string of the molecule is CCNC(=NCc1ccc(C)s1)NCCCCN1CCOCC1. The quantitative estimate of drug-likeness (QED) is 0.433. The molecule has 2 rings (SSSR count). The van der Waals surface area contributed by atoms with Crippen LogP contribution in [0, 0.1) is 6.92 Å². The molecule has 0 spiro atoms. The summed E-state index contributed by atoms with van der Waals surface area (Å²) in [7, 11) is 0. The number of morpholine rings is 1. The number of nitrogens with one attached hydrogen (secondary N) is 2. The Balaban J connectivity index is 1.63. The summed E-state index contributed by atoms with van der Waals surface area (Å²) in [5.41, 5.74) is 0. The molecule has 23 heavy (non-hydrogen) atoms. The first-order valence-corrected chi connectivity index (χ1v) is 9.47. The molecular weight excluding hydrogens is 308 g/mol. The maximum absolute atomic E-state index is 5.37. The number of hydrogen-bond donors (Lipinski definition) is 2. The molecule has 130 valence electrons. The fraction of sp³-hybridized carbons (Fsp3) is 0.706. The predicted molar refractivity (Wildman–Crippen MR) is 98.4 cm³/mol. The van der Waals surface area contributed by atoms with E-state index >= 15 is 0 Å². The zero-order valence-electron chi connectivity index (χ0n) is 14.4. The van der Waals surface area contributed by atoms with Gasteiger partial charge in [0, 0.05) is 35.9 Å². The van der Waals surface area contributed by atoms with Crippen LogP contribution in [0.15, 0.2) is 17.1 Å². The molecule has 1 saturated heterocycles. The van der Waals surface area contributed by atoms with Crippen molar-refractivity contribution >= 4 is 17.3 Å². The Bertz CT molecular complexity index is 469. The van der Waals surface area contributed by atoms with Gasteiger partial charge in [0.15, 0.2) is 5.96 Å². The summed E-state index contributed by atoms with van der Waals surface area (Å²) < 4.78 is 5.37. The summed E-state index contributed by atoms with van der Waals surface area (Å²) >= 11 is 1.82. The van der Waals surface area contributed by atoms with Crippen molar-refractivity contribution in [3.8, 4) is 0 Å². The summed E-state index contributed by atoms with van der Waals surface area (Å²) in [6.45, 7) is 12.0. The molecule has 0 aliphatic carbocycles. The average Bonchev–Trinajstić information content (AvgIpc) is 2.98. The molecule has 2 N–H and O–H groups in total. The summed E-state index contributed by atoms with van der Waals surface area (Å²) in [5, 5.41) is 6.75. The third-order valence-corrected chi connectivity index (χ3v) is 4.82. The lowest BCUT2D eigenvalue weighted by atomic mass is 10.3. The molecule has 1 fully saturated rings. The monoisotopic (exact) mass is 338 g/mol. The van der Waals surface area contributed by atoms with Gasteiger partial charge in [-0.05, 0) is 45.4 Å². The molecule has 1 aliphatic heterocycles. The van der Waals surface area contributed by atoms with E-state index in [0.29, 0.717) is 0 Å². The van der Waals surface area contributed by atoms with E-state index in [0.717, 1.165) is 51.9 Å². The molecule has 6 heteroatoms. The van der Waals surface area contributed by atoms with E-state index in [4.69, 9.17) is 4.74 Å². The summed E-state index contributed by atoms with van der Waals surface area (Å²) in [4.78, 5) is 9.81. The molecule has 1 aliphatic rings. The van der Waals surface area contributed by atoms with Crippen molar-refractivity contribution in [2.24, 2.45) is 4.99 Å². The van der Waals surface area contributed by atoms with Gasteiger partial charge in [0.05, 0.1) is 19.8 Å². The standard InChI is InChI=1S/C17H30N4OS/c1-3-18-17(20-14-16-7-6-15(2)23-16)19-8-4-5-9-21-10-12-22-13-11-21/h6-7H,3-5,8-14H2,1-2H3,(H2,18,19,20). The van der Waals surface area contributed by atoms with Crippen LogP contribution in [-0.2, 0) is 11.3 Å². The van der Waals surface area contributed by atoms with E-state index in [1.165, 1.54) is 29.1 Å². The van der Waals surface area contributed by atoms with Crippen molar-refractivity contribution in [1.29, 1.82) is 0 Å². The molecule has 0 radical (unpaired) electrons. The van der Waals surface area contributed by atoms with Gasteiger partial charge in [-0.3, -0.25) is 4.90 Å². The van der Waals surface area contributed by atoms with Crippen molar-refractivity contribution in [3.05, 3.63) is 21.9 Å². The molecule has 1 aromatic rings. The highest BCUT2D eigenvalue weighted by atomic mass is 32.1. The maximum atomic E-state index is 5.37. The van der Waals surface area contributed by atoms with Crippen LogP contribution in [0.5, 0.6) is 0 Å². The number of ether oxygens (including phenoxy) is 1. The molecule has 0 atom stereocenters. The third kappa shape index (κ3) is 7.33. The highest BCUT2D eigenvalue weighted by molar-refractivity contribution is 7.11. The zero-order valence-corrected chi connectivity index (χ0v) is 15.3. The molecule has 0 bridgehead atoms. The van der Waals surface area contributed by atoms with Crippen LogP contribution in [0.2, 0.25) is 0 Å². The lowest BCUT2D eigenvalue weighted by molar-refractivity contribution is 0.0372. The van der Waals surface area contributed by atoms with Gasteiger partial charge in [0.2, 0.25) is 0 Å². The second-order valence-electron chi connectivity index (χ2n) is 5.80. The highest BCUT2D eigenvalue weighted by Gasteiger charge is 2.09. The predicted octanol–water partition coefficient (Wildman–Crippen LogP) is 2.22. The Morgan fingerprint density at radius 1 is 1.26 bits per heavy atom. The minimum atomic E-state index is 0.752. The van der Waals surface area contributed by atoms with Crippen LogP contribution in [0.1, 0.15) is 29.5 Å². The minimum Gasteiger partial charge on any atom is -0.379 e.